The zero-order chi connectivity index (χ0) is 10.7. The maximum absolute atomic E-state index is 6.31. The molecule has 15 heavy (non-hydrogen) atoms. The van der Waals surface area contributed by atoms with Crippen molar-refractivity contribution in [2.45, 2.75) is 51.5 Å². The lowest BCUT2D eigenvalue weighted by atomic mass is 9.96. The van der Waals surface area contributed by atoms with Gasteiger partial charge in [-0.25, -0.2) is 0 Å². The van der Waals surface area contributed by atoms with Crippen LogP contribution in [0, 0.1) is 5.92 Å². The van der Waals surface area contributed by atoms with Gasteiger partial charge in [-0.15, -0.1) is 11.3 Å². The fourth-order valence-electron chi connectivity index (χ4n) is 2.68. The molecule has 0 radical (unpaired) electrons. The van der Waals surface area contributed by atoms with Crippen LogP contribution in [-0.4, -0.2) is 0 Å². The first-order chi connectivity index (χ1) is 7.31. The van der Waals surface area contributed by atoms with Crippen LogP contribution in [0.3, 0.4) is 0 Å². The van der Waals surface area contributed by atoms with E-state index in [1.807, 2.05) is 11.3 Å². The molecule has 2 heteroatoms. The molecule has 1 aromatic heterocycles. The van der Waals surface area contributed by atoms with Gasteiger partial charge in [-0.1, -0.05) is 32.6 Å². The van der Waals surface area contributed by atoms with Crippen molar-refractivity contribution in [2.75, 3.05) is 0 Å². The van der Waals surface area contributed by atoms with Crippen molar-refractivity contribution < 1.29 is 0 Å². The van der Waals surface area contributed by atoms with Crippen molar-refractivity contribution in [3.8, 4) is 0 Å². The highest BCUT2D eigenvalue weighted by atomic mass is 32.1. The molecular formula is C13H21NS. The summed E-state index contributed by atoms with van der Waals surface area (Å²) in [5.74, 6) is 0.895. The second-order valence-electron chi connectivity index (χ2n) is 4.66. The molecule has 0 saturated heterocycles. The Morgan fingerprint density at radius 3 is 2.87 bits per heavy atom. The minimum atomic E-state index is 0.294. The second-order valence-corrected chi connectivity index (χ2v) is 5.60. The monoisotopic (exact) mass is 223 g/mol. The van der Waals surface area contributed by atoms with Gasteiger partial charge in [0.05, 0.1) is 0 Å². The third kappa shape index (κ3) is 2.61. The Labute approximate surface area is 96.7 Å². The molecule has 1 saturated carbocycles. The SMILES string of the molecule is CCc1ccsc1C(N)CC1CCCC1. The van der Waals surface area contributed by atoms with Crippen LogP contribution < -0.4 is 5.73 Å². The lowest BCUT2D eigenvalue weighted by Gasteiger charge is -2.16. The molecule has 1 unspecified atom stereocenters. The number of hydrogen-bond donors (Lipinski definition) is 1. The van der Waals surface area contributed by atoms with E-state index in [1.165, 1.54) is 42.5 Å². The number of rotatable bonds is 4. The Morgan fingerprint density at radius 1 is 1.47 bits per heavy atom. The van der Waals surface area contributed by atoms with E-state index >= 15 is 0 Å². The molecule has 1 aliphatic carbocycles. The summed E-state index contributed by atoms with van der Waals surface area (Å²) >= 11 is 1.84. The molecule has 0 aliphatic heterocycles. The predicted molar refractivity (Wildman–Crippen MR) is 67.2 cm³/mol. The Kier molecular flexibility index (Phi) is 3.81. The van der Waals surface area contributed by atoms with E-state index in [1.54, 1.807) is 0 Å². The average Bonchev–Trinajstić information content (AvgIpc) is 2.86. The molecule has 1 nitrogen and oxygen atoms in total. The van der Waals surface area contributed by atoms with Crippen LogP contribution in [0.1, 0.15) is 55.5 Å². The molecule has 2 N–H and O–H groups in total. The van der Waals surface area contributed by atoms with E-state index in [2.05, 4.69) is 18.4 Å². The third-order valence-electron chi connectivity index (χ3n) is 3.56. The molecule has 0 bridgehead atoms. The Bertz CT molecular complexity index is 299. The van der Waals surface area contributed by atoms with Crippen LogP contribution in [0.5, 0.6) is 0 Å². The molecule has 1 heterocycles. The summed E-state index contributed by atoms with van der Waals surface area (Å²) in [6.45, 7) is 2.22. The summed E-state index contributed by atoms with van der Waals surface area (Å²) in [6, 6.07) is 2.53. The smallest absolute Gasteiger partial charge is 0.0395 e. The standard InChI is InChI=1S/C13H21NS/c1-2-11-7-8-15-13(11)12(14)9-10-5-3-4-6-10/h7-8,10,12H,2-6,9,14H2,1H3. The van der Waals surface area contributed by atoms with Gasteiger partial charge in [-0.3, -0.25) is 0 Å². The van der Waals surface area contributed by atoms with E-state index in [-0.39, 0.29) is 0 Å². The second kappa shape index (κ2) is 5.13. The van der Waals surface area contributed by atoms with Crippen LogP contribution in [-0.2, 0) is 6.42 Å². The van der Waals surface area contributed by atoms with Gasteiger partial charge in [0.2, 0.25) is 0 Å². The molecule has 0 aromatic carbocycles. The van der Waals surface area contributed by atoms with Crippen molar-refractivity contribution in [3.05, 3.63) is 21.9 Å². The highest BCUT2D eigenvalue weighted by molar-refractivity contribution is 7.10. The maximum atomic E-state index is 6.31. The quantitative estimate of drug-likeness (QED) is 0.823. The highest BCUT2D eigenvalue weighted by Gasteiger charge is 2.20. The summed E-state index contributed by atoms with van der Waals surface area (Å²) in [7, 11) is 0. The van der Waals surface area contributed by atoms with Crippen LogP contribution >= 0.6 is 11.3 Å². The molecule has 1 aliphatic rings. The summed E-state index contributed by atoms with van der Waals surface area (Å²) in [4.78, 5) is 1.43. The Morgan fingerprint density at radius 2 is 2.20 bits per heavy atom. The van der Waals surface area contributed by atoms with Crippen LogP contribution in [0.2, 0.25) is 0 Å². The normalized spacial score (nSPS) is 19.6. The minimum absolute atomic E-state index is 0.294. The minimum Gasteiger partial charge on any atom is -0.323 e. The maximum Gasteiger partial charge on any atom is 0.0395 e. The molecule has 84 valence electrons. The number of aryl methyl sites for hydroxylation is 1. The summed E-state index contributed by atoms with van der Waals surface area (Å²) < 4.78 is 0. The molecule has 0 spiro atoms. The van der Waals surface area contributed by atoms with Gasteiger partial charge in [0.1, 0.15) is 0 Å². The molecule has 1 aromatic rings. The number of thiophene rings is 1. The van der Waals surface area contributed by atoms with E-state index in [0.29, 0.717) is 6.04 Å². The van der Waals surface area contributed by atoms with Crippen LogP contribution in [0.15, 0.2) is 11.4 Å². The molecule has 1 atom stereocenters. The van der Waals surface area contributed by atoms with Crippen molar-refractivity contribution in [3.63, 3.8) is 0 Å². The van der Waals surface area contributed by atoms with Crippen LogP contribution in [0.25, 0.3) is 0 Å². The van der Waals surface area contributed by atoms with Crippen molar-refractivity contribution in [1.29, 1.82) is 0 Å². The zero-order valence-electron chi connectivity index (χ0n) is 9.54. The molecule has 0 amide bonds. The highest BCUT2D eigenvalue weighted by Crippen LogP contribution is 2.34. The summed E-state index contributed by atoms with van der Waals surface area (Å²) in [5.41, 5.74) is 7.77. The first-order valence-electron chi connectivity index (χ1n) is 6.13. The fraction of sp³-hybridized carbons (Fsp3) is 0.692. The van der Waals surface area contributed by atoms with Gasteiger partial charge in [0, 0.05) is 10.9 Å². The lowest BCUT2D eigenvalue weighted by Crippen LogP contribution is -2.14. The van der Waals surface area contributed by atoms with Gasteiger partial charge >= 0.3 is 0 Å². The zero-order valence-corrected chi connectivity index (χ0v) is 10.4. The molecular weight excluding hydrogens is 202 g/mol. The van der Waals surface area contributed by atoms with Gasteiger partial charge in [0.15, 0.2) is 0 Å². The fourth-order valence-corrected chi connectivity index (χ4v) is 3.69. The molecule has 1 fully saturated rings. The Hall–Kier alpha value is -0.340. The summed E-state index contributed by atoms with van der Waals surface area (Å²) in [6.07, 6.45) is 7.97. The largest absolute Gasteiger partial charge is 0.323 e. The van der Waals surface area contributed by atoms with Crippen LogP contribution in [0.4, 0.5) is 0 Å². The van der Waals surface area contributed by atoms with Crippen molar-refractivity contribution >= 4 is 11.3 Å². The first-order valence-corrected chi connectivity index (χ1v) is 7.01. The van der Waals surface area contributed by atoms with Gasteiger partial charge < -0.3 is 5.73 Å². The number of nitrogens with two attached hydrogens (primary N) is 1. The predicted octanol–water partition coefficient (Wildman–Crippen LogP) is 3.89. The topological polar surface area (TPSA) is 26.0 Å². The average molecular weight is 223 g/mol. The van der Waals surface area contributed by atoms with E-state index in [4.69, 9.17) is 5.73 Å². The lowest BCUT2D eigenvalue weighted by molar-refractivity contribution is 0.453. The Balaban J connectivity index is 1.97. The van der Waals surface area contributed by atoms with E-state index in [9.17, 15) is 0 Å². The number of hydrogen-bond acceptors (Lipinski definition) is 2. The van der Waals surface area contributed by atoms with Gasteiger partial charge in [0.25, 0.3) is 0 Å². The molecule has 2 rings (SSSR count). The van der Waals surface area contributed by atoms with Crippen molar-refractivity contribution in [2.24, 2.45) is 11.7 Å². The van der Waals surface area contributed by atoms with E-state index in [0.717, 1.165) is 12.3 Å². The first kappa shape index (κ1) is 11.2. The third-order valence-corrected chi connectivity index (χ3v) is 4.65. The van der Waals surface area contributed by atoms with Crippen molar-refractivity contribution in [1.82, 2.24) is 0 Å². The van der Waals surface area contributed by atoms with Gasteiger partial charge in [-0.2, -0.15) is 0 Å². The van der Waals surface area contributed by atoms with E-state index < -0.39 is 0 Å². The summed E-state index contributed by atoms with van der Waals surface area (Å²) in [5, 5.41) is 2.18. The van der Waals surface area contributed by atoms with Gasteiger partial charge in [-0.05, 0) is 35.8 Å².